The molecule has 1 aromatic carbocycles. The van der Waals surface area contributed by atoms with E-state index in [4.69, 9.17) is 10.2 Å². The monoisotopic (exact) mass is 402 g/mol. The van der Waals surface area contributed by atoms with Gasteiger partial charge < -0.3 is 10.2 Å². The molecule has 0 radical (unpaired) electrons. The summed E-state index contributed by atoms with van der Waals surface area (Å²) in [6.45, 7) is 2.63. The smallest absolute Gasteiger partial charge is 0.251 e. The minimum Gasteiger partial charge on any atom is -0.344 e. The van der Waals surface area contributed by atoms with Gasteiger partial charge in [0.25, 0.3) is 5.91 Å². The highest BCUT2D eigenvalue weighted by molar-refractivity contribution is 5.94. The largest absolute Gasteiger partial charge is 0.344 e. The zero-order chi connectivity index (χ0) is 21.1. The summed E-state index contributed by atoms with van der Waals surface area (Å²) in [6.07, 6.45) is 3.28. The summed E-state index contributed by atoms with van der Waals surface area (Å²) in [6, 6.07) is 12.7. The summed E-state index contributed by atoms with van der Waals surface area (Å²) in [5.74, 6) is 0.121. The molecule has 1 atom stereocenters. The highest BCUT2D eigenvalue weighted by atomic mass is 19.1. The van der Waals surface area contributed by atoms with Crippen molar-refractivity contribution in [1.29, 1.82) is 5.26 Å². The van der Waals surface area contributed by atoms with E-state index in [1.807, 2.05) is 30.0 Å². The molecule has 2 aromatic heterocycles. The Morgan fingerprint density at radius 3 is 2.77 bits per heavy atom. The molecule has 0 aliphatic carbocycles. The number of aromatic nitrogens is 3. The Bertz CT molecular complexity index is 1130. The zero-order valence-corrected chi connectivity index (χ0v) is 16.3. The molecule has 30 heavy (non-hydrogen) atoms. The van der Waals surface area contributed by atoms with Gasteiger partial charge in [-0.05, 0) is 62.2 Å². The molecule has 1 aliphatic rings. The number of nitrogens with zero attached hydrogens (tertiary/aromatic N) is 5. The highest BCUT2D eigenvalue weighted by Gasteiger charge is 2.22. The minimum atomic E-state index is -0.383. The van der Waals surface area contributed by atoms with E-state index in [0.29, 0.717) is 11.4 Å². The van der Waals surface area contributed by atoms with Crippen molar-refractivity contribution in [2.45, 2.75) is 25.8 Å². The number of halogens is 1. The van der Waals surface area contributed by atoms with E-state index in [-0.39, 0.29) is 23.6 Å². The van der Waals surface area contributed by atoms with Crippen LogP contribution in [0.25, 0.3) is 0 Å². The third kappa shape index (κ3) is 3.96. The van der Waals surface area contributed by atoms with Gasteiger partial charge in [-0.15, -0.1) is 0 Å². The van der Waals surface area contributed by atoms with Crippen molar-refractivity contribution in [3.8, 4) is 6.07 Å². The normalized spacial score (nSPS) is 13.8. The second-order valence-electron chi connectivity index (χ2n) is 7.01. The Morgan fingerprint density at radius 2 is 2.00 bits per heavy atom. The summed E-state index contributed by atoms with van der Waals surface area (Å²) in [5.41, 5.74) is 2.99. The summed E-state index contributed by atoms with van der Waals surface area (Å²) < 4.78 is 13.1. The lowest BCUT2D eigenvalue weighted by Gasteiger charge is -2.30. The van der Waals surface area contributed by atoms with Gasteiger partial charge in [0.2, 0.25) is 5.82 Å². The maximum atomic E-state index is 13.1. The van der Waals surface area contributed by atoms with E-state index in [1.165, 1.54) is 24.3 Å². The summed E-state index contributed by atoms with van der Waals surface area (Å²) in [7, 11) is 0. The van der Waals surface area contributed by atoms with Crippen LogP contribution in [0.3, 0.4) is 0 Å². The molecule has 1 aliphatic heterocycles. The van der Waals surface area contributed by atoms with Crippen molar-refractivity contribution in [1.82, 2.24) is 20.3 Å². The quantitative estimate of drug-likeness (QED) is 0.718. The van der Waals surface area contributed by atoms with E-state index in [0.717, 1.165) is 36.5 Å². The topological polar surface area (TPSA) is 94.8 Å². The molecule has 0 fully saturated rings. The van der Waals surface area contributed by atoms with Gasteiger partial charge in [-0.1, -0.05) is 0 Å². The molecule has 0 bridgehead atoms. The van der Waals surface area contributed by atoms with Crippen molar-refractivity contribution in [2.75, 3.05) is 11.4 Å². The van der Waals surface area contributed by atoms with Crippen LogP contribution in [0.2, 0.25) is 0 Å². The van der Waals surface area contributed by atoms with Gasteiger partial charge in [0.1, 0.15) is 17.7 Å². The molecule has 0 spiro atoms. The molecule has 1 amide bonds. The van der Waals surface area contributed by atoms with Crippen molar-refractivity contribution in [2.24, 2.45) is 0 Å². The predicted octanol–water partition coefficient (Wildman–Crippen LogP) is 3.46. The van der Waals surface area contributed by atoms with Gasteiger partial charge >= 0.3 is 0 Å². The fourth-order valence-corrected chi connectivity index (χ4v) is 3.45. The van der Waals surface area contributed by atoms with Crippen LogP contribution in [0.1, 0.15) is 47.0 Å². The van der Waals surface area contributed by atoms with Gasteiger partial charge in [-0.25, -0.2) is 14.4 Å². The van der Waals surface area contributed by atoms with Crippen LogP contribution >= 0.6 is 0 Å². The molecule has 150 valence electrons. The Morgan fingerprint density at radius 1 is 1.20 bits per heavy atom. The molecule has 4 rings (SSSR count). The fourth-order valence-electron chi connectivity index (χ4n) is 3.45. The van der Waals surface area contributed by atoms with Crippen molar-refractivity contribution in [3.63, 3.8) is 0 Å². The Hall–Kier alpha value is -3.86. The lowest BCUT2D eigenvalue weighted by molar-refractivity contribution is 0.0939. The number of nitrogens with one attached hydrogen (secondary N) is 1. The number of carbonyl (C=O) groups is 1. The number of amides is 1. The number of hydrogen-bond donors (Lipinski definition) is 1. The van der Waals surface area contributed by atoms with Gasteiger partial charge in [0.15, 0.2) is 0 Å². The highest BCUT2D eigenvalue weighted by Crippen LogP contribution is 2.32. The fraction of sp³-hybridized carbons (Fsp3) is 0.227. The molecule has 3 heterocycles. The Balaban J connectivity index is 1.55. The first-order chi connectivity index (χ1) is 14.5. The van der Waals surface area contributed by atoms with Gasteiger partial charge in [0, 0.05) is 18.3 Å². The first-order valence-corrected chi connectivity index (χ1v) is 9.62. The van der Waals surface area contributed by atoms with Crippen LogP contribution in [0.4, 0.5) is 15.9 Å². The van der Waals surface area contributed by atoms with Crippen LogP contribution < -0.4 is 10.2 Å². The molecule has 0 unspecified atom stereocenters. The molecule has 1 N–H and O–H groups in total. The molecule has 3 aromatic rings. The molecule has 0 saturated carbocycles. The average Bonchev–Trinajstić information content (AvgIpc) is 2.78. The number of nitriles is 1. The van der Waals surface area contributed by atoms with E-state index >= 15 is 0 Å². The number of benzene rings is 1. The van der Waals surface area contributed by atoms with Crippen molar-refractivity contribution < 1.29 is 9.18 Å². The van der Waals surface area contributed by atoms with Gasteiger partial charge in [-0.3, -0.25) is 9.78 Å². The second kappa shape index (κ2) is 8.25. The number of anilines is 2. The van der Waals surface area contributed by atoms with E-state index in [2.05, 4.69) is 15.3 Å². The molecular formula is C22H19FN6O. The number of carbonyl (C=O) groups excluding carboxylic acids is 1. The summed E-state index contributed by atoms with van der Waals surface area (Å²) >= 11 is 0. The SMILES string of the molecule is C[C@@H](NC(=O)c1ccc(F)cc1)c1ccc2c(n1)CCCN2c1ccnc(C#N)n1. The van der Waals surface area contributed by atoms with Crippen molar-refractivity contribution in [3.05, 3.63) is 77.3 Å². The number of hydrogen-bond acceptors (Lipinski definition) is 6. The average molecular weight is 402 g/mol. The number of pyridine rings is 1. The molecule has 7 nitrogen and oxygen atoms in total. The minimum absolute atomic E-state index is 0.126. The van der Waals surface area contributed by atoms with Crippen LogP contribution in [-0.4, -0.2) is 27.4 Å². The first kappa shape index (κ1) is 19.5. The molecule has 8 heteroatoms. The maximum Gasteiger partial charge on any atom is 0.251 e. The second-order valence-corrected chi connectivity index (χ2v) is 7.01. The van der Waals surface area contributed by atoms with E-state index in [1.54, 1.807) is 12.3 Å². The zero-order valence-electron chi connectivity index (χ0n) is 16.3. The standard InChI is InChI=1S/C22H19FN6O/c1-14(26-22(30)15-4-6-16(23)7-5-15)17-8-9-19-18(27-17)3-2-12-29(19)21-10-11-25-20(13-24)28-21/h4-11,14H,2-3,12H2,1H3,(H,26,30)/t14-/m1/s1. The predicted molar refractivity (Wildman–Crippen MR) is 109 cm³/mol. The molecule has 0 saturated heterocycles. The Labute approximate surface area is 173 Å². The van der Waals surface area contributed by atoms with Crippen LogP contribution in [0.15, 0.2) is 48.7 Å². The van der Waals surface area contributed by atoms with Crippen LogP contribution in [0.5, 0.6) is 0 Å². The third-order valence-electron chi connectivity index (χ3n) is 4.97. The third-order valence-corrected chi connectivity index (χ3v) is 4.97. The summed E-state index contributed by atoms with van der Waals surface area (Å²) in [5, 5.41) is 12.0. The van der Waals surface area contributed by atoms with Crippen molar-refractivity contribution >= 4 is 17.4 Å². The summed E-state index contributed by atoms with van der Waals surface area (Å²) in [4.78, 5) is 27.4. The number of fused-ring (bicyclic) bond motifs is 1. The van der Waals surface area contributed by atoms with Crippen LogP contribution in [-0.2, 0) is 6.42 Å². The lowest BCUT2D eigenvalue weighted by Crippen LogP contribution is -2.29. The van der Waals surface area contributed by atoms with Gasteiger partial charge in [-0.2, -0.15) is 5.26 Å². The van der Waals surface area contributed by atoms with Gasteiger partial charge in [0.05, 0.1) is 23.1 Å². The maximum absolute atomic E-state index is 13.1. The molecular weight excluding hydrogens is 383 g/mol. The lowest BCUT2D eigenvalue weighted by atomic mass is 10.1. The first-order valence-electron chi connectivity index (χ1n) is 9.62. The van der Waals surface area contributed by atoms with Crippen LogP contribution in [0, 0.1) is 17.1 Å². The van der Waals surface area contributed by atoms with E-state index < -0.39 is 0 Å². The number of rotatable bonds is 4. The Kier molecular flexibility index (Phi) is 5.35. The number of aryl methyl sites for hydroxylation is 1. The van der Waals surface area contributed by atoms with E-state index in [9.17, 15) is 9.18 Å².